The molecule has 164 valence electrons. The summed E-state index contributed by atoms with van der Waals surface area (Å²) in [6, 6.07) is 8.29. The van der Waals surface area contributed by atoms with E-state index in [2.05, 4.69) is 38.1 Å². The molecule has 0 bridgehead atoms. The summed E-state index contributed by atoms with van der Waals surface area (Å²) in [5, 5.41) is 11.8. The molecule has 0 radical (unpaired) electrons. The summed E-state index contributed by atoms with van der Waals surface area (Å²) in [4.78, 5) is 6.52. The van der Waals surface area contributed by atoms with Crippen molar-refractivity contribution in [3.05, 3.63) is 40.9 Å². The van der Waals surface area contributed by atoms with Crippen LogP contribution in [0.5, 0.6) is 5.75 Å². The van der Waals surface area contributed by atoms with E-state index < -0.39 is 0 Å². The molecule has 6 rings (SSSR count). The van der Waals surface area contributed by atoms with E-state index >= 15 is 0 Å². The van der Waals surface area contributed by atoms with Gasteiger partial charge in [0.1, 0.15) is 10.8 Å². The Bertz CT molecular complexity index is 1060. The second kappa shape index (κ2) is 6.92. The molecule has 4 aliphatic rings. The number of hydrogen-bond donors (Lipinski definition) is 1. The molecule has 0 amide bonds. The Balaban J connectivity index is 1.38. The predicted octanol–water partition coefficient (Wildman–Crippen LogP) is 6.36. The molecule has 6 atom stereocenters. The molecular formula is C27H33NO2S. The zero-order valence-corrected chi connectivity index (χ0v) is 19.7. The second-order valence-electron chi connectivity index (χ2n) is 10.8. The van der Waals surface area contributed by atoms with Gasteiger partial charge in [0, 0.05) is 5.56 Å². The quantitative estimate of drug-likeness (QED) is 0.597. The van der Waals surface area contributed by atoms with E-state index in [-0.39, 0.29) is 16.9 Å². The number of ether oxygens (including phenoxy) is 1. The van der Waals surface area contributed by atoms with E-state index in [1.165, 1.54) is 42.7 Å². The van der Waals surface area contributed by atoms with Crippen LogP contribution in [-0.2, 0) is 6.42 Å². The summed E-state index contributed by atoms with van der Waals surface area (Å²) < 4.78 is 5.44. The first kappa shape index (κ1) is 20.0. The van der Waals surface area contributed by atoms with E-state index in [9.17, 15) is 5.11 Å². The standard InChI is InChI=1S/C27H33NO2S/c1-26-14-12-22-24(31-25(28-22)16-5-4-6-17(15-16)30-3)21(26)8-7-18-19-9-10-23(29)27(19,2)13-11-20(18)26/h4-6,8,15,18-20,23,29H,7,9-14H2,1-3H3/t18-,19-,20-,23-,26+,27-/m0/s1. The first-order chi connectivity index (χ1) is 14.9. The van der Waals surface area contributed by atoms with E-state index in [0.717, 1.165) is 41.0 Å². The third-order valence-corrected chi connectivity index (χ3v) is 10.7. The summed E-state index contributed by atoms with van der Waals surface area (Å²) in [6.07, 6.45) is 10.6. The van der Waals surface area contributed by atoms with Crippen LogP contribution in [0.4, 0.5) is 0 Å². The first-order valence-corrected chi connectivity index (χ1v) is 12.8. The molecule has 0 unspecified atom stereocenters. The SMILES string of the molecule is COc1cccc(-c2nc3c(s2)C2=CC[C@H]4[C@@H]5CC[C@H](O)[C@@]5(C)CC[C@@H]4[C@@]2(C)CC3)c1. The third kappa shape index (κ3) is 2.77. The number of fused-ring (bicyclic) bond motifs is 7. The maximum Gasteiger partial charge on any atom is 0.124 e. The number of methoxy groups -OCH3 is 1. The topological polar surface area (TPSA) is 42.4 Å². The van der Waals surface area contributed by atoms with Crippen molar-refractivity contribution in [2.75, 3.05) is 7.11 Å². The van der Waals surface area contributed by atoms with E-state index in [0.29, 0.717) is 5.92 Å². The number of benzene rings is 1. The van der Waals surface area contributed by atoms with Gasteiger partial charge >= 0.3 is 0 Å². The fourth-order valence-corrected chi connectivity index (χ4v) is 9.01. The first-order valence-electron chi connectivity index (χ1n) is 12.0. The van der Waals surface area contributed by atoms with Crippen molar-refractivity contribution < 1.29 is 9.84 Å². The van der Waals surface area contributed by atoms with Crippen LogP contribution < -0.4 is 4.74 Å². The lowest BCUT2D eigenvalue weighted by Crippen LogP contribution is -2.50. The molecule has 1 N–H and O–H groups in total. The number of hydrogen-bond acceptors (Lipinski definition) is 4. The molecule has 0 spiro atoms. The molecule has 0 aliphatic heterocycles. The number of aryl methyl sites for hydroxylation is 1. The minimum absolute atomic E-state index is 0.0958. The average molecular weight is 436 g/mol. The summed E-state index contributed by atoms with van der Waals surface area (Å²) in [5.74, 6) is 3.05. The van der Waals surface area contributed by atoms with Crippen molar-refractivity contribution in [3.63, 3.8) is 0 Å². The molecule has 3 nitrogen and oxygen atoms in total. The largest absolute Gasteiger partial charge is 0.497 e. The van der Waals surface area contributed by atoms with Crippen molar-refractivity contribution in [1.82, 2.24) is 4.98 Å². The van der Waals surface area contributed by atoms with Gasteiger partial charge in [-0.2, -0.15) is 0 Å². The van der Waals surface area contributed by atoms with Crippen LogP contribution in [0.25, 0.3) is 16.1 Å². The van der Waals surface area contributed by atoms with Crippen LogP contribution in [0, 0.1) is 28.6 Å². The Labute approximate surface area is 189 Å². The summed E-state index contributed by atoms with van der Waals surface area (Å²) in [6.45, 7) is 4.91. The lowest BCUT2D eigenvalue weighted by Gasteiger charge is -2.56. The van der Waals surface area contributed by atoms with Gasteiger partial charge in [-0.1, -0.05) is 32.1 Å². The highest BCUT2D eigenvalue weighted by Crippen LogP contribution is 2.66. The van der Waals surface area contributed by atoms with Crippen molar-refractivity contribution >= 4 is 16.9 Å². The summed E-state index contributed by atoms with van der Waals surface area (Å²) in [5.41, 5.74) is 4.42. The van der Waals surface area contributed by atoms with Crippen LogP contribution in [0.3, 0.4) is 0 Å². The van der Waals surface area contributed by atoms with Crippen LogP contribution in [0.1, 0.15) is 62.9 Å². The highest BCUT2D eigenvalue weighted by Gasteiger charge is 2.58. The number of aliphatic hydroxyl groups excluding tert-OH is 1. The molecule has 1 aromatic carbocycles. The lowest BCUT2D eigenvalue weighted by molar-refractivity contribution is -0.0579. The maximum absolute atomic E-state index is 10.7. The minimum Gasteiger partial charge on any atom is -0.497 e. The predicted molar refractivity (Wildman–Crippen MR) is 126 cm³/mol. The van der Waals surface area contributed by atoms with Gasteiger partial charge in [0.15, 0.2) is 0 Å². The Kier molecular flexibility index (Phi) is 4.46. The number of allylic oxidation sites excluding steroid dienone is 2. The Morgan fingerprint density at radius 2 is 2.00 bits per heavy atom. The van der Waals surface area contributed by atoms with Gasteiger partial charge in [-0.05, 0) is 91.2 Å². The molecule has 31 heavy (non-hydrogen) atoms. The number of aliphatic hydroxyl groups is 1. The third-order valence-electron chi connectivity index (χ3n) is 9.55. The molecular weight excluding hydrogens is 402 g/mol. The normalized spacial score (nSPS) is 38.5. The summed E-state index contributed by atoms with van der Waals surface area (Å²) >= 11 is 1.88. The molecule has 1 aromatic heterocycles. The highest BCUT2D eigenvalue weighted by atomic mass is 32.1. The monoisotopic (exact) mass is 435 g/mol. The molecule has 4 aliphatic carbocycles. The number of aromatic nitrogens is 1. The molecule has 0 saturated heterocycles. The molecule has 2 aromatic rings. The molecule has 4 heteroatoms. The van der Waals surface area contributed by atoms with Crippen LogP contribution >= 0.6 is 11.3 Å². The van der Waals surface area contributed by atoms with Gasteiger partial charge in [-0.25, -0.2) is 4.98 Å². The van der Waals surface area contributed by atoms with Gasteiger partial charge < -0.3 is 9.84 Å². The van der Waals surface area contributed by atoms with Crippen LogP contribution in [0.15, 0.2) is 30.3 Å². The van der Waals surface area contributed by atoms with Crippen LogP contribution in [-0.4, -0.2) is 23.3 Å². The Morgan fingerprint density at radius 3 is 2.84 bits per heavy atom. The van der Waals surface area contributed by atoms with Crippen molar-refractivity contribution in [2.24, 2.45) is 28.6 Å². The number of thiazole rings is 1. The number of nitrogens with zero attached hydrogens (tertiary/aromatic N) is 1. The van der Waals surface area contributed by atoms with Gasteiger partial charge in [-0.15, -0.1) is 11.3 Å². The van der Waals surface area contributed by atoms with Crippen molar-refractivity contribution in [2.45, 2.75) is 64.9 Å². The van der Waals surface area contributed by atoms with Crippen molar-refractivity contribution in [3.8, 4) is 16.3 Å². The summed E-state index contributed by atoms with van der Waals surface area (Å²) in [7, 11) is 1.72. The Hall–Kier alpha value is -1.65. The van der Waals surface area contributed by atoms with Gasteiger partial charge in [0.05, 0.1) is 23.8 Å². The van der Waals surface area contributed by atoms with Gasteiger partial charge in [0.25, 0.3) is 0 Å². The molecule has 2 saturated carbocycles. The van der Waals surface area contributed by atoms with Crippen molar-refractivity contribution in [1.29, 1.82) is 0 Å². The second-order valence-corrected chi connectivity index (χ2v) is 11.8. The van der Waals surface area contributed by atoms with Gasteiger partial charge in [0.2, 0.25) is 0 Å². The highest BCUT2D eigenvalue weighted by molar-refractivity contribution is 7.16. The number of rotatable bonds is 2. The van der Waals surface area contributed by atoms with E-state index in [1.807, 2.05) is 17.4 Å². The minimum atomic E-state index is -0.0958. The smallest absolute Gasteiger partial charge is 0.124 e. The molecule has 1 heterocycles. The zero-order valence-electron chi connectivity index (χ0n) is 18.9. The Morgan fingerprint density at radius 1 is 1.13 bits per heavy atom. The zero-order chi connectivity index (χ0) is 21.4. The fourth-order valence-electron chi connectivity index (χ4n) is 7.73. The average Bonchev–Trinajstić information content (AvgIpc) is 3.34. The van der Waals surface area contributed by atoms with E-state index in [4.69, 9.17) is 9.72 Å². The van der Waals surface area contributed by atoms with Crippen LogP contribution in [0.2, 0.25) is 0 Å². The lowest BCUT2D eigenvalue weighted by atomic mass is 9.48. The van der Waals surface area contributed by atoms with Gasteiger partial charge in [-0.3, -0.25) is 0 Å². The van der Waals surface area contributed by atoms with E-state index in [1.54, 1.807) is 12.7 Å². The maximum atomic E-state index is 10.7. The fraction of sp³-hybridized carbons (Fsp3) is 0.593. The molecule has 2 fully saturated rings.